The number of nitro groups is 1. The summed E-state index contributed by atoms with van der Waals surface area (Å²) >= 11 is 0. The molecule has 0 saturated heterocycles. The second-order valence-electron chi connectivity index (χ2n) is 6.15. The standard InChI is InChI=1S/C19H15N5O4/c1-13-18(19(25)23(21-13)14-5-3-2-4-6-14)9-16-7-8-17(28-16)12-22-11-15(10-20-22)24(26)27/h2-11H,12H2,1H3/b18-9+. The van der Waals surface area contributed by atoms with Gasteiger partial charge in [-0.2, -0.15) is 15.2 Å². The van der Waals surface area contributed by atoms with Crippen molar-refractivity contribution in [2.45, 2.75) is 13.5 Å². The summed E-state index contributed by atoms with van der Waals surface area (Å²) in [6, 6.07) is 12.6. The number of hydrogen-bond donors (Lipinski definition) is 0. The van der Waals surface area contributed by atoms with Gasteiger partial charge in [0, 0.05) is 0 Å². The van der Waals surface area contributed by atoms with Crippen LogP contribution in [0.2, 0.25) is 0 Å². The zero-order valence-electron chi connectivity index (χ0n) is 14.8. The van der Waals surface area contributed by atoms with Crippen LogP contribution in [0.15, 0.2) is 69.9 Å². The van der Waals surface area contributed by atoms with Gasteiger partial charge in [-0.1, -0.05) is 18.2 Å². The molecule has 1 aliphatic rings. The van der Waals surface area contributed by atoms with Crippen LogP contribution in [0.4, 0.5) is 11.4 Å². The summed E-state index contributed by atoms with van der Waals surface area (Å²) in [5.74, 6) is 0.818. The first-order valence-corrected chi connectivity index (χ1v) is 8.43. The normalized spacial score (nSPS) is 15.3. The number of para-hydroxylation sites is 1. The first-order chi connectivity index (χ1) is 13.5. The molecule has 0 N–H and O–H groups in total. The Balaban J connectivity index is 1.52. The predicted molar refractivity (Wildman–Crippen MR) is 102 cm³/mol. The second kappa shape index (κ2) is 6.95. The van der Waals surface area contributed by atoms with Crippen LogP contribution in [0.3, 0.4) is 0 Å². The summed E-state index contributed by atoms with van der Waals surface area (Å²) in [5, 5.41) is 20.3. The van der Waals surface area contributed by atoms with Gasteiger partial charge in [-0.3, -0.25) is 19.6 Å². The molecule has 0 unspecified atom stereocenters. The van der Waals surface area contributed by atoms with E-state index in [2.05, 4.69) is 10.2 Å². The Bertz CT molecular complexity index is 1110. The van der Waals surface area contributed by atoms with Gasteiger partial charge in [0.25, 0.3) is 5.91 Å². The third-order valence-electron chi connectivity index (χ3n) is 4.18. The second-order valence-corrected chi connectivity index (χ2v) is 6.15. The van der Waals surface area contributed by atoms with E-state index in [1.54, 1.807) is 25.1 Å². The highest BCUT2D eigenvalue weighted by Crippen LogP contribution is 2.25. The Kier molecular flexibility index (Phi) is 4.32. The molecule has 1 aliphatic heterocycles. The number of amides is 1. The van der Waals surface area contributed by atoms with E-state index in [1.165, 1.54) is 22.1 Å². The van der Waals surface area contributed by atoms with Crippen molar-refractivity contribution in [3.63, 3.8) is 0 Å². The summed E-state index contributed by atoms with van der Waals surface area (Å²) in [5.41, 5.74) is 1.64. The summed E-state index contributed by atoms with van der Waals surface area (Å²) in [4.78, 5) is 22.9. The van der Waals surface area contributed by atoms with E-state index in [0.717, 1.165) is 0 Å². The van der Waals surface area contributed by atoms with Crippen molar-refractivity contribution in [1.82, 2.24) is 9.78 Å². The van der Waals surface area contributed by atoms with Gasteiger partial charge in [-0.15, -0.1) is 0 Å². The quantitative estimate of drug-likeness (QED) is 0.385. The molecule has 4 rings (SSSR count). The lowest BCUT2D eigenvalue weighted by molar-refractivity contribution is -0.385. The van der Waals surface area contributed by atoms with Crippen LogP contribution in [0, 0.1) is 10.1 Å². The van der Waals surface area contributed by atoms with Crippen molar-refractivity contribution < 1.29 is 14.1 Å². The fourth-order valence-corrected chi connectivity index (χ4v) is 2.82. The van der Waals surface area contributed by atoms with Crippen LogP contribution in [0.25, 0.3) is 6.08 Å². The molecule has 9 heteroatoms. The van der Waals surface area contributed by atoms with Gasteiger partial charge in [0.1, 0.15) is 23.9 Å². The minimum Gasteiger partial charge on any atom is -0.460 e. The van der Waals surface area contributed by atoms with Gasteiger partial charge in [0.15, 0.2) is 0 Å². The molecule has 0 radical (unpaired) electrons. The van der Waals surface area contributed by atoms with Crippen LogP contribution >= 0.6 is 0 Å². The van der Waals surface area contributed by atoms with Gasteiger partial charge >= 0.3 is 5.69 Å². The van der Waals surface area contributed by atoms with Gasteiger partial charge in [-0.25, -0.2) is 0 Å². The third-order valence-corrected chi connectivity index (χ3v) is 4.18. The Morgan fingerprint density at radius 3 is 2.71 bits per heavy atom. The van der Waals surface area contributed by atoms with Crippen LogP contribution in [-0.4, -0.2) is 26.3 Å². The van der Waals surface area contributed by atoms with Crippen molar-refractivity contribution in [3.8, 4) is 0 Å². The first-order valence-electron chi connectivity index (χ1n) is 8.43. The highest BCUT2D eigenvalue weighted by Gasteiger charge is 2.28. The van der Waals surface area contributed by atoms with Crippen molar-refractivity contribution in [3.05, 3.63) is 82.1 Å². The van der Waals surface area contributed by atoms with E-state index in [-0.39, 0.29) is 18.1 Å². The molecule has 28 heavy (non-hydrogen) atoms. The number of rotatable bonds is 5. The smallest absolute Gasteiger partial charge is 0.307 e. The maximum atomic E-state index is 12.7. The van der Waals surface area contributed by atoms with Crippen molar-refractivity contribution >= 4 is 29.1 Å². The Hall–Kier alpha value is -4.01. The first kappa shape index (κ1) is 17.4. The Morgan fingerprint density at radius 2 is 2.00 bits per heavy atom. The molecule has 0 saturated carbocycles. The molecule has 1 amide bonds. The fourth-order valence-electron chi connectivity index (χ4n) is 2.82. The number of hydrazone groups is 1. The number of aromatic nitrogens is 2. The number of anilines is 1. The minimum absolute atomic E-state index is 0.0849. The number of carbonyl (C=O) groups is 1. The molecular weight excluding hydrogens is 362 g/mol. The maximum Gasteiger partial charge on any atom is 0.307 e. The zero-order chi connectivity index (χ0) is 19.7. The van der Waals surface area contributed by atoms with Crippen molar-refractivity contribution in [1.29, 1.82) is 0 Å². The lowest BCUT2D eigenvalue weighted by Gasteiger charge is -2.10. The molecule has 9 nitrogen and oxygen atoms in total. The molecule has 0 fully saturated rings. The molecule has 0 bridgehead atoms. The van der Waals surface area contributed by atoms with E-state index < -0.39 is 4.92 Å². The lowest BCUT2D eigenvalue weighted by Crippen LogP contribution is -2.21. The molecule has 0 atom stereocenters. The van der Waals surface area contributed by atoms with Crippen LogP contribution < -0.4 is 5.01 Å². The SMILES string of the molecule is CC1=NN(c2ccccc2)C(=O)/C1=C/c1ccc(Cn2cc([N+](=O)[O-])cn2)o1. The Labute approximate surface area is 159 Å². The minimum atomic E-state index is -0.506. The average Bonchev–Trinajstić information content (AvgIpc) is 3.39. The van der Waals surface area contributed by atoms with Crippen LogP contribution in [0.5, 0.6) is 0 Å². The number of furan rings is 1. The van der Waals surface area contributed by atoms with Crippen LogP contribution in [0.1, 0.15) is 18.4 Å². The molecule has 1 aromatic carbocycles. The largest absolute Gasteiger partial charge is 0.460 e. The van der Waals surface area contributed by atoms with E-state index in [0.29, 0.717) is 28.5 Å². The molecule has 3 aromatic rings. The van der Waals surface area contributed by atoms with E-state index in [4.69, 9.17) is 4.42 Å². The highest BCUT2D eigenvalue weighted by atomic mass is 16.6. The topological polar surface area (TPSA) is 107 Å². The lowest BCUT2D eigenvalue weighted by atomic mass is 10.1. The zero-order valence-corrected chi connectivity index (χ0v) is 14.8. The number of hydrogen-bond acceptors (Lipinski definition) is 6. The van der Waals surface area contributed by atoms with Crippen LogP contribution in [-0.2, 0) is 11.3 Å². The predicted octanol–water partition coefficient (Wildman–Crippen LogP) is 3.24. The molecule has 2 aromatic heterocycles. The summed E-state index contributed by atoms with van der Waals surface area (Å²) in [6.07, 6.45) is 4.15. The molecule has 3 heterocycles. The van der Waals surface area contributed by atoms with Gasteiger partial charge in [0.2, 0.25) is 0 Å². The average molecular weight is 377 g/mol. The summed E-state index contributed by atoms with van der Waals surface area (Å²) < 4.78 is 7.14. The van der Waals surface area contributed by atoms with Gasteiger partial charge in [-0.05, 0) is 37.3 Å². The van der Waals surface area contributed by atoms with Crippen molar-refractivity contribution in [2.24, 2.45) is 5.10 Å². The fraction of sp³-hybridized carbons (Fsp3) is 0.105. The number of carbonyl (C=O) groups excluding carboxylic acids is 1. The van der Waals surface area contributed by atoms with Gasteiger partial charge in [0.05, 0.1) is 28.4 Å². The highest BCUT2D eigenvalue weighted by molar-refractivity contribution is 6.32. The van der Waals surface area contributed by atoms with E-state index >= 15 is 0 Å². The van der Waals surface area contributed by atoms with Gasteiger partial charge < -0.3 is 4.42 Å². The van der Waals surface area contributed by atoms with E-state index in [1.807, 2.05) is 30.3 Å². The number of nitrogens with zero attached hydrogens (tertiary/aromatic N) is 5. The summed E-state index contributed by atoms with van der Waals surface area (Å²) in [6.45, 7) is 2.01. The molecular formula is C19H15N5O4. The molecule has 140 valence electrons. The molecule has 0 spiro atoms. The van der Waals surface area contributed by atoms with E-state index in [9.17, 15) is 14.9 Å². The summed E-state index contributed by atoms with van der Waals surface area (Å²) in [7, 11) is 0. The maximum absolute atomic E-state index is 12.7. The monoisotopic (exact) mass is 377 g/mol. The molecule has 0 aliphatic carbocycles. The third kappa shape index (κ3) is 3.32. The van der Waals surface area contributed by atoms with Crippen molar-refractivity contribution in [2.75, 3.05) is 5.01 Å². The Morgan fingerprint density at radius 1 is 1.21 bits per heavy atom. The number of benzene rings is 1.